The number of pyridine rings is 1. The van der Waals surface area contributed by atoms with Gasteiger partial charge in [0.15, 0.2) is 5.79 Å². The van der Waals surface area contributed by atoms with Gasteiger partial charge in [-0.05, 0) is 81.0 Å². The summed E-state index contributed by atoms with van der Waals surface area (Å²) in [4.78, 5) is 28.0. The van der Waals surface area contributed by atoms with E-state index in [1.165, 1.54) is 11.1 Å². The summed E-state index contributed by atoms with van der Waals surface area (Å²) in [7, 11) is 0. The molecule has 9 heteroatoms. The number of nitrogens with one attached hydrogen (secondary N) is 2. The summed E-state index contributed by atoms with van der Waals surface area (Å²) in [6.07, 6.45) is 0.416. The maximum atomic E-state index is 11.9. The van der Waals surface area contributed by atoms with Crippen LogP contribution in [-0.4, -0.2) is 46.5 Å². The first kappa shape index (κ1) is 28.1. The van der Waals surface area contributed by atoms with Gasteiger partial charge in [-0.3, -0.25) is 14.9 Å². The molecule has 2 fully saturated rings. The number of anilines is 1. The highest BCUT2D eigenvalue weighted by Gasteiger charge is 2.33. The van der Waals surface area contributed by atoms with Crippen LogP contribution in [-0.2, 0) is 27.2 Å². The molecular formula is C31H35N3O5S. The molecule has 1 unspecified atom stereocenters. The van der Waals surface area contributed by atoms with Crippen molar-refractivity contribution >= 4 is 28.6 Å². The minimum absolute atomic E-state index is 0.113. The Bertz CT molecular complexity index is 1400. The van der Waals surface area contributed by atoms with Crippen LogP contribution in [0.25, 0.3) is 11.1 Å². The van der Waals surface area contributed by atoms with Crippen LogP contribution in [0, 0.1) is 20.8 Å². The fraction of sp³-hybridized carbons (Fsp3) is 0.387. The number of aromatic nitrogens is 1. The summed E-state index contributed by atoms with van der Waals surface area (Å²) in [6, 6.07) is 16.3. The Morgan fingerprint density at radius 2 is 1.90 bits per heavy atom. The summed E-state index contributed by atoms with van der Waals surface area (Å²) in [6.45, 7) is 11.6. The number of benzene rings is 2. The fourth-order valence-corrected chi connectivity index (χ4v) is 6.00. The van der Waals surface area contributed by atoms with Crippen LogP contribution in [0.1, 0.15) is 41.8 Å². The van der Waals surface area contributed by atoms with Gasteiger partial charge in [0, 0.05) is 29.6 Å². The van der Waals surface area contributed by atoms with Crippen LogP contribution in [0.15, 0.2) is 48.5 Å². The number of rotatable bonds is 9. The first-order chi connectivity index (χ1) is 19.1. The van der Waals surface area contributed by atoms with Crippen LogP contribution in [0.3, 0.4) is 0 Å². The molecule has 210 valence electrons. The zero-order valence-corrected chi connectivity index (χ0v) is 24.3. The molecule has 2 saturated heterocycles. The molecule has 0 spiro atoms. The van der Waals surface area contributed by atoms with Crippen molar-refractivity contribution in [3.8, 4) is 17.0 Å². The van der Waals surface area contributed by atoms with Crippen molar-refractivity contribution in [2.45, 2.75) is 64.7 Å². The third-order valence-corrected chi connectivity index (χ3v) is 8.18. The monoisotopic (exact) mass is 561 g/mol. The van der Waals surface area contributed by atoms with Crippen molar-refractivity contribution in [1.29, 1.82) is 0 Å². The fourth-order valence-electron chi connectivity index (χ4n) is 5.14. The van der Waals surface area contributed by atoms with Crippen LogP contribution in [0.4, 0.5) is 10.5 Å². The first-order valence-corrected chi connectivity index (χ1v) is 14.3. The number of ether oxygens (including phenoxy) is 3. The Morgan fingerprint density at radius 1 is 1.12 bits per heavy atom. The minimum atomic E-state index is -0.575. The number of nitrogens with zero attached hydrogens (tertiary/aromatic N) is 1. The zero-order valence-electron chi connectivity index (χ0n) is 23.5. The zero-order chi connectivity index (χ0) is 28.4. The third kappa shape index (κ3) is 6.49. The second-order valence-electron chi connectivity index (χ2n) is 10.7. The average molecular weight is 562 g/mol. The summed E-state index contributed by atoms with van der Waals surface area (Å²) in [5, 5.41) is 5.22. The second kappa shape index (κ2) is 11.6. The molecule has 3 heterocycles. The molecular weight excluding hydrogens is 526 g/mol. The lowest BCUT2D eigenvalue weighted by Gasteiger charge is -2.19. The number of hydrogen-bond acceptors (Lipinski definition) is 8. The quantitative estimate of drug-likeness (QED) is 0.343. The van der Waals surface area contributed by atoms with Gasteiger partial charge in [-0.15, -0.1) is 0 Å². The van der Waals surface area contributed by atoms with E-state index in [4.69, 9.17) is 19.2 Å². The molecule has 3 aromatic rings. The topological polar surface area (TPSA) is 98.8 Å². The van der Waals surface area contributed by atoms with Crippen molar-refractivity contribution in [2.75, 3.05) is 18.5 Å². The highest BCUT2D eigenvalue weighted by molar-refractivity contribution is 8.15. The Labute approximate surface area is 239 Å². The average Bonchev–Trinajstić information content (AvgIpc) is 3.42. The van der Waals surface area contributed by atoms with Gasteiger partial charge in [0.2, 0.25) is 11.8 Å². The van der Waals surface area contributed by atoms with Gasteiger partial charge in [0.25, 0.3) is 5.24 Å². The number of hydrogen-bond donors (Lipinski definition) is 2. The molecule has 2 aliphatic rings. The van der Waals surface area contributed by atoms with Crippen LogP contribution in [0.2, 0.25) is 0 Å². The number of amides is 2. The molecule has 40 heavy (non-hydrogen) atoms. The predicted octanol–water partition coefficient (Wildman–Crippen LogP) is 5.71. The Balaban J connectivity index is 1.23. The standard InChI is InChI=1S/C31H35N3O5S/c1-18-13-27(37-16-24-17-38-31(4,5)39-24)33-20(3)28(18)25-8-6-7-22(19(25)2)15-32-23-11-9-21(10-12-23)14-26-29(35)34-30(36)40-26/h6-13,24,26,32H,14-17H2,1-5H3,(H,34,35,36)/t24-,26?/m1/s1. The summed E-state index contributed by atoms with van der Waals surface area (Å²) >= 11 is 1.06. The normalized spacial score (nSPS) is 20.0. The molecule has 0 bridgehead atoms. The van der Waals surface area contributed by atoms with E-state index in [9.17, 15) is 9.59 Å². The maximum Gasteiger partial charge on any atom is 0.286 e. The van der Waals surface area contributed by atoms with Crippen molar-refractivity contribution in [3.05, 3.63) is 76.5 Å². The minimum Gasteiger partial charge on any atom is -0.475 e. The van der Waals surface area contributed by atoms with Crippen LogP contribution in [0.5, 0.6) is 5.88 Å². The summed E-state index contributed by atoms with van der Waals surface area (Å²) < 4.78 is 17.4. The lowest BCUT2D eigenvalue weighted by atomic mass is 9.92. The van der Waals surface area contributed by atoms with Crippen molar-refractivity contribution in [1.82, 2.24) is 10.3 Å². The van der Waals surface area contributed by atoms with E-state index < -0.39 is 5.79 Å². The molecule has 2 aromatic carbocycles. The van der Waals surface area contributed by atoms with E-state index in [0.717, 1.165) is 45.4 Å². The van der Waals surface area contributed by atoms with E-state index >= 15 is 0 Å². The highest BCUT2D eigenvalue weighted by atomic mass is 32.2. The van der Waals surface area contributed by atoms with Gasteiger partial charge >= 0.3 is 0 Å². The largest absolute Gasteiger partial charge is 0.475 e. The Morgan fingerprint density at radius 3 is 2.55 bits per heavy atom. The first-order valence-electron chi connectivity index (χ1n) is 13.4. The molecule has 5 rings (SSSR count). The summed E-state index contributed by atoms with van der Waals surface area (Å²) in [5.74, 6) is -0.202. The molecule has 2 aliphatic heterocycles. The van der Waals surface area contributed by atoms with Crippen LogP contribution >= 0.6 is 11.8 Å². The highest BCUT2D eigenvalue weighted by Crippen LogP contribution is 2.33. The van der Waals surface area contributed by atoms with Crippen molar-refractivity contribution < 1.29 is 23.8 Å². The van der Waals surface area contributed by atoms with Gasteiger partial charge in [-0.2, -0.15) is 0 Å². The molecule has 2 atom stereocenters. The molecule has 1 aromatic heterocycles. The number of aryl methyl sites for hydroxylation is 2. The lowest BCUT2D eigenvalue weighted by Crippen LogP contribution is -2.25. The van der Waals surface area contributed by atoms with Gasteiger partial charge in [-0.25, -0.2) is 4.98 Å². The molecule has 2 amide bonds. The Kier molecular flexibility index (Phi) is 8.16. The van der Waals surface area contributed by atoms with Crippen molar-refractivity contribution in [3.63, 3.8) is 0 Å². The molecule has 0 aliphatic carbocycles. The molecule has 2 N–H and O–H groups in total. The number of imide groups is 1. The predicted molar refractivity (Wildman–Crippen MR) is 157 cm³/mol. The molecule has 0 saturated carbocycles. The Hall–Kier alpha value is -3.40. The third-order valence-electron chi connectivity index (χ3n) is 7.20. The van der Waals surface area contributed by atoms with E-state index in [1.807, 2.05) is 51.1 Å². The molecule has 8 nitrogen and oxygen atoms in total. The smallest absolute Gasteiger partial charge is 0.286 e. The van der Waals surface area contributed by atoms with E-state index in [1.54, 1.807) is 0 Å². The van der Waals surface area contributed by atoms with Gasteiger partial charge < -0.3 is 19.5 Å². The lowest BCUT2D eigenvalue weighted by molar-refractivity contribution is -0.141. The number of carbonyl (C=O) groups is 2. The van der Waals surface area contributed by atoms with Crippen LogP contribution < -0.4 is 15.4 Å². The summed E-state index contributed by atoms with van der Waals surface area (Å²) in [5.41, 5.74) is 8.68. The van der Waals surface area contributed by atoms with E-state index in [-0.39, 0.29) is 22.5 Å². The van der Waals surface area contributed by atoms with E-state index in [0.29, 0.717) is 32.1 Å². The second-order valence-corrected chi connectivity index (χ2v) is 11.9. The molecule has 0 radical (unpaired) electrons. The van der Waals surface area contributed by atoms with E-state index in [2.05, 4.69) is 42.7 Å². The number of thioether (sulfide) groups is 1. The number of carbonyl (C=O) groups excluding carboxylic acids is 2. The van der Waals surface area contributed by atoms with Gasteiger partial charge in [-0.1, -0.05) is 42.1 Å². The SMILES string of the molecule is Cc1cc(OC[C@@H]2COC(C)(C)O2)nc(C)c1-c1cccc(CNc2ccc(CC3SC(=O)NC3=O)cc2)c1C. The maximum absolute atomic E-state index is 11.9. The van der Waals surface area contributed by atoms with Crippen molar-refractivity contribution in [2.24, 2.45) is 0 Å². The van der Waals surface area contributed by atoms with Gasteiger partial charge in [0.1, 0.15) is 12.7 Å². The van der Waals surface area contributed by atoms with Gasteiger partial charge in [0.05, 0.1) is 11.9 Å².